The number of hydrogen-bond donors (Lipinski definition) is 3. The average molecular weight is 389 g/mol. The fourth-order valence-electron chi connectivity index (χ4n) is 2.63. The van der Waals surface area contributed by atoms with Crippen molar-refractivity contribution in [2.45, 2.75) is 32.9 Å². The van der Waals surface area contributed by atoms with Crippen LogP contribution in [0.4, 0.5) is 17.5 Å². The van der Waals surface area contributed by atoms with Crippen LogP contribution in [0.3, 0.4) is 0 Å². The number of nitrogens with zero attached hydrogens (tertiary/aromatic N) is 4. The molecule has 142 valence electrons. The number of nitrogens with one attached hydrogen (secondary N) is 2. The lowest BCUT2D eigenvalue weighted by Crippen LogP contribution is -2.29. The number of pyridine rings is 2. The molecule has 0 amide bonds. The molecule has 0 bridgehead atoms. The van der Waals surface area contributed by atoms with Crippen LogP contribution in [0.5, 0.6) is 0 Å². The minimum atomic E-state index is -0.332. The second kappa shape index (κ2) is 7.50. The first-order chi connectivity index (χ1) is 12.8. The van der Waals surface area contributed by atoms with Gasteiger partial charge in [0, 0.05) is 36.1 Å². The summed E-state index contributed by atoms with van der Waals surface area (Å²) in [5.74, 6) is 1.27. The van der Waals surface area contributed by atoms with Gasteiger partial charge in [0.05, 0.1) is 23.2 Å². The molecule has 3 aromatic heterocycles. The van der Waals surface area contributed by atoms with Gasteiger partial charge in [0.2, 0.25) is 0 Å². The Labute approximate surface area is 161 Å². The fourth-order valence-corrected chi connectivity index (χ4v) is 2.87. The number of fused-ring (bicyclic) bond motifs is 1. The van der Waals surface area contributed by atoms with Crippen molar-refractivity contribution in [3.63, 3.8) is 0 Å². The Hall–Kier alpha value is -2.71. The molecule has 0 fully saturated rings. The molecule has 0 saturated carbocycles. The van der Waals surface area contributed by atoms with E-state index in [1.807, 2.05) is 20.8 Å². The molecule has 8 nitrogen and oxygen atoms in total. The number of aliphatic hydroxyl groups excluding tert-OH is 1. The molecular weight excluding hydrogens is 368 g/mol. The molecule has 0 aliphatic carbocycles. The summed E-state index contributed by atoms with van der Waals surface area (Å²) in [6.45, 7) is 5.97. The zero-order valence-electron chi connectivity index (χ0n) is 15.3. The molecule has 0 atom stereocenters. The van der Waals surface area contributed by atoms with E-state index >= 15 is 0 Å². The van der Waals surface area contributed by atoms with Crippen molar-refractivity contribution in [2.75, 3.05) is 17.2 Å². The predicted octanol–water partition coefficient (Wildman–Crippen LogP) is 2.79. The first-order valence-electron chi connectivity index (χ1n) is 8.45. The highest BCUT2D eigenvalue weighted by Gasteiger charge is 2.20. The maximum absolute atomic E-state index is 12.9. The molecule has 0 unspecified atom stereocenters. The number of aliphatic hydroxyl groups is 1. The van der Waals surface area contributed by atoms with E-state index in [-0.39, 0.29) is 24.2 Å². The van der Waals surface area contributed by atoms with Crippen LogP contribution in [0.1, 0.15) is 20.8 Å². The van der Waals surface area contributed by atoms with E-state index in [2.05, 4.69) is 25.6 Å². The van der Waals surface area contributed by atoms with Crippen LogP contribution >= 0.6 is 11.6 Å². The van der Waals surface area contributed by atoms with Crippen LogP contribution in [0, 0.1) is 0 Å². The van der Waals surface area contributed by atoms with E-state index < -0.39 is 0 Å². The molecule has 3 N–H and O–H groups in total. The molecule has 0 aromatic carbocycles. The minimum absolute atomic E-state index is 0.138. The molecule has 0 radical (unpaired) electrons. The second-order valence-electron chi connectivity index (χ2n) is 7.04. The van der Waals surface area contributed by atoms with E-state index in [1.165, 1.54) is 4.57 Å². The first-order valence-corrected chi connectivity index (χ1v) is 8.82. The van der Waals surface area contributed by atoms with Gasteiger partial charge in [0.1, 0.15) is 11.6 Å². The third kappa shape index (κ3) is 4.17. The van der Waals surface area contributed by atoms with E-state index in [1.54, 1.807) is 30.9 Å². The molecule has 3 aromatic rings. The Balaban J connectivity index is 2.23. The Morgan fingerprint density at radius 2 is 2.04 bits per heavy atom. The van der Waals surface area contributed by atoms with Crippen LogP contribution in [-0.4, -0.2) is 36.8 Å². The largest absolute Gasteiger partial charge is 0.395 e. The van der Waals surface area contributed by atoms with Crippen molar-refractivity contribution in [2.24, 2.45) is 0 Å². The maximum Gasteiger partial charge on any atom is 0.262 e. The van der Waals surface area contributed by atoms with Gasteiger partial charge < -0.3 is 20.3 Å². The standard InChI is InChI=1S/C18H21ClN6O2/c1-18(2,3)24-15-13-11(4-7-25(8-9-26)17(13)27)14(19)16(23-15)22-12-10-20-5-6-21-12/h4-7,10,26H,8-9H2,1-3H3,(H2,21,22,23,24). The Bertz CT molecular complexity index is 1010. The van der Waals surface area contributed by atoms with Crippen LogP contribution in [-0.2, 0) is 6.54 Å². The lowest BCUT2D eigenvalue weighted by molar-refractivity contribution is 0.274. The Morgan fingerprint density at radius 3 is 2.67 bits per heavy atom. The van der Waals surface area contributed by atoms with Gasteiger partial charge in [0.15, 0.2) is 5.82 Å². The summed E-state index contributed by atoms with van der Waals surface area (Å²) in [4.78, 5) is 25.6. The van der Waals surface area contributed by atoms with E-state index in [0.717, 1.165) is 0 Å². The summed E-state index contributed by atoms with van der Waals surface area (Å²) in [6.07, 6.45) is 6.29. The summed E-state index contributed by atoms with van der Waals surface area (Å²) < 4.78 is 1.43. The summed E-state index contributed by atoms with van der Waals surface area (Å²) in [6, 6.07) is 1.74. The van der Waals surface area contributed by atoms with Gasteiger partial charge in [-0.1, -0.05) is 11.6 Å². The van der Waals surface area contributed by atoms with Gasteiger partial charge in [-0.2, -0.15) is 0 Å². The monoisotopic (exact) mass is 388 g/mol. The van der Waals surface area contributed by atoms with Crippen LogP contribution in [0.2, 0.25) is 5.02 Å². The van der Waals surface area contributed by atoms with Crippen LogP contribution in [0.15, 0.2) is 35.6 Å². The third-order valence-corrected chi connectivity index (χ3v) is 4.10. The minimum Gasteiger partial charge on any atom is -0.395 e. The second-order valence-corrected chi connectivity index (χ2v) is 7.42. The van der Waals surface area contributed by atoms with Crippen molar-refractivity contribution in [3.8, 4) is 0 Å². The van der Waals surface area contributed by atoms with Crippen LogP contribution < -0.4 is 16.2 Å². The van der Waals surface area contributed by atoms with Gasteiger partial charge in [-0.25, -0.2) is 9.97 Å². The summed E-state index contributed by atoms with van der Waals surface area (Å²) in [5.41, 5.74) is -0.601. The van der Waals surface area contributed by atoms with E-state index in [4.69, 9.17) is 11.6 Å². The quantitative estimate of drug-likeness (QED) is 0.617. The fraction of sp³-hybridized carbons (Fsp3) is 0.333. The van der Waals surface area contributed by atoms with Gasteiger partial charge in [0.25, 0.3) is 5.56 Å². The lowest BCUT2D eigenvalue weighted by Gasteiger charge is -2.23. The normalized spacial score (nSPS) is 11.6. The Morgan fingerprint density at radius 1 is 1.26 bits per heavy atom. The summed E-state index contributed by atoms with van der Waals surface area (Å²) in [5, 5.41) is 16.7. The lowest BCUT2D eigenvalue weighted by atomic mass is 10.1. The molecule has 9 heteroatoms. The van der Waals surface area contributed by atoms with E-state index in [9.17, 15) is 9.90 Å². The molecule has 27 heavy (non-hydrogen) atoms. The number of aromatic nitrogens is 4. The molecular formula is C18H21ClN6O2. The zero-order chi connectivity index (χ0) is 19.6. The maximum atomic E-state index is 12.9. The first kappa shape index (κ1) is 19.1. The highest BCUT2D eigenvalue weighted by Crippen LogP contribution is 2.34. The molecule has 0 spiro atoms. The van der Waals surface area contributed by atoms with Crippen molar-refractivity contribution in [3.05, 3.63) is 46.2 Å². The molecule has 3 rings (SSSR count). The van der Waals surface area contributed by atoms with Gasteiger partial charge in [-0.3, -0.25) is 9.78 Å². The highest BCUT2D eigenvalue weighted by atomic mass is 35.5. The zero-order valence-corrected chi connectivity index (χ0v) is 16.1. The third-order valence-electron chi connectivity index (χ3n) is 3.71. The predicted molar refractivity (Wildman–Crippen MR) is 107 cm³/mol. The summed E-state index contributed by atoms with van der Waals surface area (Å²) in [7, 11) is 0. The highest BCUT2D eigenvalue weighted by molar-refractivity contribution is 6.38. The van der Waals surface area contributed by atoms with Crippen LogP contribution in [0.25, 0.3) is 10.8 Å². The topological polar surface area (TPSA) is 105 Å². The van der Waals surface area contributed by atoms with Crippen molar-refractivity contribution in [1.29, 1.82) is 0 Å². The number of anilines is 3. The van der Waals surface area contributed by atoms with Crippen molar-refractivity contribution < 1.29 is 5.11 Å². The average Bonchev–Trinajstić information content (AvgIpc) is 2.60. The van der Waals surface area contributed by atoms with Crippen molar-refractivity contribution >= 4 is 39.8 Å². The smallest absolute Gasteiger partial charge is 0.262 e. The summed E-state index contributed by atoms with van der Waals surface area (Å²) >= 11 is 6.54. The molecule has 0 aliphatic heterocycles. The number of rotatable bonds is 5. The van der Waals surface area contributed by atoms with Gasteiger partial charge >= 0.3 is 0 Å². The molecule has 0 aliphatic rings. The van der Waals surface area contributed by atoms with Gasteiger partial charge in [-0.15, -0.1) is 0 Å². The van der Waals surface area contributed by atoms with Gasteiger partial charge in [-0.05, 0) is 26.8 Å². The Kier molecular flexibility index (Phi) is 5.29. The molecule has 0 saturated heterocycles. The number of halogens is 1. The number of hydrogen-bond acceptors (Lipinski definition) is 7. The van der Waals surface area contributed by atoms with E-state index in [0.29, 0.717) is 33.2 Å². The SMILES string of the molecule is CC(C)(C)Nc1nc(Nc2cnccn2)c(Cl)c2ccn(CCO)c(=O)c12. The van der Waals surface area contributed by atoms with Crippen molar-refractivity contribution in [1.82, 2.24) is 19.5 Å². The molecule has 3 heterocycles.